The molecule has 0 fully saturated rings. The largest absolute Gasteiger partial charge is 0.396 e. The molecule has 0 radical (unpaired) electrons. The maximum absolute atomic E-state index is 8.60. The number of hydrogen-bond acceptors (Lipinski definition) is 3. The van der Waals surface area contributed by atoms with E-state index in [0.29, 0.717) is 6.42 Å². The van der Waals surface area contributed by atoms with E-state index in [4.69, 9.17) is 10.8 Å². The van der Waals surface area contributed by atoms with Crippen molar-refractivity contribution in [2.24, 2.45) is 5.73 Å². The molecule has 1 heterocycles. The minimum Gasteiger partial charge on any atom is -0.396 e. The van der Waals surface area contributed by atoms with Gasteiger partial charge in [0.05, 0.1) is 0 Å². The second-order valence-corrected chi connectivity index (χ2v) is 2.41. The van der Waals surface area contributed by atoms with Gasteiger partial charge in [-0.15, -0.1) is 0 Å². The Morgan fingerprint density at radius 2 is 2.45 bits per heavy atom. The van der Waals surface area contributed by atoms with Crippen molar-refractivity contribution in [3.63, 3.8) is 0 Å². The molecule has 0 saturated heterocycles. The molecule has 0 unspecified atom stereocenters. The summed E-state index contributed by atoms with van der Waals surface area (Å²) in [6, 6.07) is 3.66. The van der Waals surface area contributed by atoms with Gasteiger partial charge in [0.25, 0.3) is 0 Å². The summed E-state index contributed by atoms with van der Waals surface area (Å²) >= 11 is 0. The lowest BCUT2D eigenvalue weighted by molar-refractivity contribution is 0.276. The molecule has 1 rings (SSSR count). The van der Waals surface area contributed by atoms with Gasteiger partial charge >= 0.3 is 0 Å². The van der Waals surface area contributed by atoms with Crippen LogP contribution in [0.25, 0.3) is 0 Å². The van der Waals surface area contributed by atoms with E-state index in [2.05, 4.69) is 4.98 Å². The molecule has 0 bridgehead atoms. The first-order chi connectivity index (χ1) is 5.34. The van der Waals surface area contributed by atoms with Crippen molar-refractivity contribution in [1.82, 2.24) is 4.98 Å². The topological polar surface area (TPSA) is 59.1 Å². The fraction of sp³-hybridized carbons (Fsp3) is 0.375. The van der Waals surface area contributed by atoms with E-state index < -0.39 is 0 Å². The molecular weight excluding hydrogens is 140 g/mol. The van der Waals surface area contributed by atoms with E-state index in [1.54, 1.807) is 12.4 Å². The van der Waals surface area contributed by atoms with Crippen LogP contribution in [0, 0.1) is 0 Å². The third kappa shape index (κ3) is 2.29. The van der Waals surface area contributed by atoms with E-state index in [-0.39, 0.29) is 12.6 Å². The van der Waals surface area contributed by atoms with Gasteiger partial charge in [-0.05, 0) is 18.1 Å². The highest BCUT2D eigenvalue weighted by Crippen LogP contribution is 2.10. The normalized spacial score (nSPS) is 12.9. The highest BCUT2D eigenvalue weighted by Gasteiger charge is 2.02. The Labute approximate surface area is 65.9 Å². The third-order valence-corrected chi connectivity index (χ3v) is 1.55. The zero-order chi connectivity index (χ0) is 8.10. The smallest absolute Gasteiger partial charge is 0.0449 e. The molecule has 3 heteroatoms. The monoisotopic (exact) mass is 152 g/mol. The first-order valence-electron chi connectivity index (χ1n) is 3.61. The summed E-state index contributed by atoms with van der Waals surface area (Å²) in [4.78, 5) is 3.93. The molecule has 0 aromatic carbocycles. The average molecular weight is 152 g/mol. The molecule has 0 saturated carbocycles. The molecule has 0 aliphatic heterocycles. The summed E-state index contributed by atoms with van der Waals surface area (Å²) in [5.74, 6) is 0. The summed E-state index contributed by atoms with van der Waals surface area (Å²) in [6.07, 6.45) is 4.02. The number of nitrogens with zero attached hydrogens (tertiary/aromatic N) is 1. The Kier molecular flexibility index (Phi) is 3.01. The molecule has 1 aromatic rings. The second-order valence-electron chi connectivity index (χ2n) is 2.41. The van der Waals surface area contributed by atoms with Crippen LogP contribution in [0.15, 0.2) is 24.5 Å². The molecule has 3 nitrogen and oxygen atoms in total. The Hall–Kier alpha value is -0.930. The van der Waals surface area contributed by atoms with Crippen LogP contribution in [0.3, 0.4) is 0 Å². The molecule has 0 aliphatic carbocycles. The number of rotatable bonds is 3. The van der Waals surface area contributed by atoms with Crippen LogP contribution < -0.4 is 5.73 Å². The van der Waals surface area contributed by atoms with Gasteiger partial charge in [-0.2, -0.15) is 0 Å². The Balaban J connectivity index is 2.61. The maximum atomic E-state index is 8.60. The molecular formula is C8H12N2O. The predicted octanol–water partition coefficient (Wildman–Crippen LogP) is 0.464. The van der Waals surface area contributed by atoms with Gasteiger partial charge in [0.15, 0.2) is 0 Å². The molecule has 0 spiro atoms. The van der Waals surface area contributed by atoms with Gasteiger partial charge in [-0.1, -0.05) is 6.07 Å². The summed E-state index contributed by atoms with van der Waals surface area (Å²) in [6.45, 7) is 0.121. The van der Waals surface area contributed by atoms with Gasteiger partial charge < -0.3 is 10.8 Å². The lowest BCUT2D eigenvalue weighted by atomic mass is 10.1. The SMILES string of the molecule is N[C@H](CCO)c1cccnc1. The standard InChI is InChI=1S/C8H12N2O/c9-8(3-5-11)7-2-1-4-10-6-7/h1-2,4,6,8,11H,3,5,9H2/t8-/m1/s1. The highest BCUT2D eigenvalue weighted by molar-refractivity contribution is 5.12. The number of aliphatic hydroxyl groups excluding tert-OH is 1. The van der Waals surface area contributed by atoms with Crippen LogP contribution in [0.2, 0.25) is 0 Å². The number of pyridine rings is 1. The number of hydrogen-bond donors (Lipinski definition) is 2. The molecule has 0 amide bonds. The lowest BCUT2D eigenvalue weighted by Gasteiger charge is -2.08. The number of aromatic nitrogens is 1. The summed E-state index contributed by atoms with van der Waals surface area (Å²) in [5.41, 5.74) is 6.68. The van der Waals surface area contributed by atoms with Crippen LogP contribution in [-0.2, 0) is 0 Å². The molecule has 60 valence electrons. The quantitative estimate of drug-likeness (QED) is 0.661. The van der Waals surface area contributed by atoms with Crippen molar-refractivity contribution < 1.29 is 5.11 Å². The Morgan fingerprint density at radius 3 is 3.00 bits per heavy atom. The van der Waals surface area contributed by atoms with Crippen molar-refractivity contribution in [3.05, 3.63) is 30.1 Å². The summed E-state index contributed by atoms with van der Waals surface area (Å²) in [7, 11) is 0. The van der Waals surface area contributed by atoms with E-state index in [1.807, 2.05) is 12.1 Å². The van der Waals surface area contributed by atoms with Crippen LogP contribution in [0.5, 0.6) is 0 Å². The Bertz CT molecular complexity index is 201. The molecule has 1 aromatic heterocycles. The van der Waals surface area contributed by atoms with Gasteiger partial charge in [0.2, 0.25) is 0 Å². The lowest BCUT2D eigenvalue weighted by Crippen LogP contribution is -2.11. The number of aliphatic hydroxyl groups is 1. The highest BCUT2D eigenvalue weighted by atomic mass is 16.3. The van der Waals surface area contributed by atoms with Gasteiger partial charge in [0, 0.05) is 25.0 Å². The van der Waals surface area contributed by atoms with E-state index >= 15 is 0 Å². The predicted molar refractivity (Wildman–Crippen MR) is 42.9 cm³/mol. The first-order valence-corrected chi connectivity index (χ1v) is 3.61. The summed E-state index contributed by atoms with van der Waals surface area (Å²) in [5, 5.41) is 8.60. The maximum Gasteiger partial charge on any atom is 0.0449 e. The van der Waals surface area contributed by atoms with E-state index in [1.165, 1.54) is 0 Å². The minimum atomic E-state index is -0.0892. The van der Waals surface area contributed by atoms with E-state index in [9.17, 15) is 0 Å². The Morgan fingerprint density at radius 1 is 1.64 bits per heavy atom. The van der Waals surface area contributed by atoms with Gasteiger partial charge in [-0.25, -0.2) is 0 Å². The third-order valence-electron chi connectivity index (χ3n) is 1.55. The fourth-order valence-corrected chi connectivity index (χ4v) is 0.901. The van der Waals surface area contributed by atoms with Crippen molar-refractivity contribution >= 4 is 0 Å². The number of nitrogens with two attached hydrogens (primary N) is 1. The van der Waals surface area contributed by atoms with Crippen LogP contribution >= 0.6 is 0 Å². The zero-order valence-electron chi connectivity index (χ0n) is 6.27. The summed E-state index contributed by atoms with van der Waals surface area (Å²) < 4.78 is 0. The molecule has 1 atom stereocenters. The van der Waals surface area contributed by atoms with Crippen molar-refractivity contribution in [1.29, 1.82) is 0 Å². The van der Waals surface area contributed by atoms with Crippen LogP contribution in [-0.4, -0.2) is 16.7 Å². The van der Waals surface area contributed by atoms with Gasteiger partial charge in [-0.3, -0.25) is 4.98 Å². The van der Waals surface area contributed by atoms with Crippen molar-refractivity contribution in [3.8, 4) is 0 Å². The first kappa shape index (κ1) is 8.17. The van der Waals surface area contributed by atoms with Gasteiger partial charge in [0.1, 0.15) is 0 Å². The second kappa shape index (κ2) is 4.05. The van der Waals surface area contributed by atoms with Crippen molar-refractivity contribution in [2.75, 3.05) is 6.61 Å². The van der Waals surface area contributed by atoms with Crippen LogP contribution in [0.4, 0.5) is 0 Å². The average Bonchev–Trinajstić information content (AvgIpc) is 2.07. The van der Waals surface area contributed by atoms with Crippen molar-refractivity contribution in [2.45, 2.75) is 12.5 Å². The molecule has 0 aliphatic rings. The molecule has 11 heavy (non-hydrogen) atoms. The van der Waals surface area contributed by atoms with E-state index in [0.717, 1.165) is 5.56 Å². The zero-order valence-corrected chi connectivity index (χ0v) is 6.27. The molecule has 3 N–H and O–H groups in total. The fourth-order valence-electron chi connectivity index (χ4n) is 0.901. The minimum absolute atomic E-state index is 0.0892. The van der Waals surface area contributed by atoms with Crippen LogP contribution in [0.1, 0.15) is 18.0 Å².